The number of nitrogens with zero attached hydrogens (tertiary/aromatic N) is 3. The summed E-state index contributed by atoms with van der Waals surface area (Å²) in [6.45, 7) is 10.3. The molecule has 170 valence electrons. The van der Waals surface area contributed by atoms with Crippen LogP contribution in [-0.2, 0) is 0 Å². The minimum absolute atomic E-state index is 0.00129. The molecule has 0 aliphatic heterocycles. The molecule has 0 saturated heterocycles. The molecule has 0 fully saturated rings. The summed E-state index contributed by atoms with van der Waals surface area (Å²) in [7, 11) is 0. The molecule has 0 bridgehead atoms. The molecule has 8 heteroatoms. The van der Waals surface area contributed by atoms with Crippen LogP contribution in [0.1, 0.15) is 58.3 Å². The molecule has 1 aromatic heterocycles. The topological polar surface area (TPSA) is 65.7 Å². The van der Waals surface area contributed by atoms with Crippen LogP contribution in [0.5, 0.6) is 11.5 Å². The van der Waals surface area contributed by atoms with Crippen molar-refractivity contribution in [3.05, 3.63) is 61.6 Å². The monoisotopic (exact) mass is 519 g/mol. The number of rotatable bonds is 8. The second-order valence-corrected chi connectivity index (χ2v) is 9.07. The van der Waals surface area contributed by atoms with E-state index < -0.39 is 0 Å². The summed E-state index contributed by atoms with van der Waals surface area (Å²) in [4.78, 5) is 17.9. The lowest BCUT2D eigenvalue weighted by Gasteiger charge is -2.18. The molecule has 3 rings (SSSR count). The van der Waals surface area contributed by atoms with Gasteiger partial charge in [-0.05, 0) is 56.2 Å². The van der Waals surface area contributed by atoms with Gasteiger partial charge in [0.2, 0.25) is 0 Å². The van der Waals surface area contributed by atoms with Gasteiger partial charge in [0.1, 0.15) is 5.82 Å². The molecule has 0 radical (unpaired) electrons. The third kappa shape index (κ3) is 5.33. The molecule has 32 heavy (non-hydrogen) atoms. The summed E-state index contributed by atoms with van der Waals surface area (Å²) in [5.74, 6) is 1.63. The van der Waals surface area contributed by atoms with E-state index in [1.807, 2.05) is 52.8 Å². The number of fused-ring (bicyclic) bond motifs is 1. The Balaban J connectivity index is 2.09. The fourth-order valence-corrected chi connectivity index (χ4v) is 3.72. The van der Waals surface area contributed by atoms with Crippen molar-refractivity contribution in [3.63, 3.8) is 0 Å². The van der Waals surface area contributed by atoms with Crippen LogP contribution >= 0.6 is 27.5 Å². The number of hydrogen-bond acceptors (Lipinski definition) is 5. The molecule has 0 N–H and O–H groups in total. The first-order valence-electron chi connectivity index (χ1n) is 10.6. The van der Waals surface area contributed by atoms with Crippen LogP contribution in [0.2, 0.25) is 5.02 Å². The van der Waals surface area contributed by atoms with Gasteiger partial charge in [-0.2, -0.15) is 9.78 Å². The van der Waals surface area contributed by atoms with E-state index in [0.29, 0.717) is 45.4 Å². The van der Waals surface area contributed by atoms with Gasteiger partial charge < -0.3 is 9.47 Å². The Morgan fingerprint density at radius 2 is 1.97 bits per heavy atom. The molecular weight excluding hydrogens is 494 g/mol. The van der Waals surface area contributed by atoms with Crippen LogP contribution in [0.25, 0.3) is 10.9 Å². The van der Waals surface area contributed by atoms with E-state index in [1.54, 1.807) is 18.3 Å². The second-order valence-electron chi connectivity index (χ2n) is 7.75. The van der Waals surface area contributed by atoms with Crippen molar-refractivity contribution in [2.75, 3.05) is 6.61 Å². The molecule has 1 atom stereocenters. The summed E-state index contributed by atoms with van der Waals surface area (Å²) >= 11 is 9.93. The Hall–Kier alpha value is -2.38. The summed E-state index contributed by atoms with van der Waals surface area (Å²) in [6, 6.07) is 9.00. The molecule has 1 heterocycles. The zero-order valence-electron chi connectivity index (χ0n) is 18.9. The normalized spacial score (nSPS) is 12.6. The molecule has 0 saturated carbocycles. The predicted octanol–water partition coefficient (Wildman–Crippen LogP) is 6.39. The quantitative estimate of drug-likeness (QED) is 0.323. The molecule has 0 unspecified atom stereocenters. The van der Waals surface area contributed by atoms with Gasteiger partial charge in [-0.25, -0.2) is 4.98 Å². The van der Waals surface area contributed by atoms with E-state index in [4.69, 9.17) is 21.1 Å². The Labute approximate surface area is 201 Å². The standard InChI is InChI=1S/C24H27BrClN3O3/c1-6-15(5)32-22-19(26)10-16(11-21(22)31-7-2)13-27-29-23(14(3)4)28-20-9-8-17(25)12-18(20)24(29)30/h8-15H,6-7H2,1-5H3/t15-/m0/s1. The molecule has 6 nitrogen and oxygen atoms in total. The van der Waals surface area contributed by atoms with Gasteiger partial charge >= 0.3 is 0 Å². The highest BCUT2D eigenvalue weighted by Crippen LogP contribution is 2.37. The minimum Gasteiger partial charge on any atom is -0.490 e. The number of halogens is 2. The van der Waals surface area contributed by atoms with Crippen molar-refractivity contribution in [3.8, 4) is 11.5 Å². The maximum atomic E-state index is 13.2. The highest BCUT2D eigenvalue weighted by atomic mass is 79.9. The Morgan fingerprint density at radius 1 is 1.22 bits per heavy atom. The predicted molar refractivity (Wildman–Crippen MR) is 134 cm³/mol. The smallest absolute Gasteiger partial charge is 0.282 e. The van der Waals surface area contributed by atoms with E-state index in [9.17, 15) is 4.79 Å². The average molecular weight is 521 g/mol. The zero-order valence-corrected chi connectivity index (χ0v) is 21.2. The van der Waals surface area contributed by atoms with Gasteiger partial charge in [-0.15, -0.1) is 0 Å². The van der Waals surface area contributed by atoms with Gasteiger partial charge in [0, 0.05) is 10.4 Å². The highest BCUT2D eigenvalue weighted by molar-refractivity contribution is 9.10. The Morgan fingerprint density at radius 3 is 2.62 bits per heavy atom. The van der Waals surface area contributed by atoms with Crippen molar-refractivity contribution in [1.29, 1.82) is 0 Å². The van der Waals surface area contributed by atoms with Crippen LogP contribution < -0.4 is 15.0 Å². The lowest BCUT2D eigenvalue weighted by molar-refractivity contribution is 0.203. The number of benzene rings is 2. The van der Waals surface area contributed by atoms with Crippen molar-refractivity contribution >= 4 is 44.6 Å². The lowest BCUT2D eigenvalue weighted by Crippen LogP contribution is -2.23. The Kier molecular flexibility index (Phi) is 7.96. The molecule has 0 amide bonds. The van der Waals surface area contributed by atoms with Gasteiger partial charge in [0.05, 0.1) is 34.9 Å². The first-order chi connectivity index (χ1) is 15.2. The maximum absolute atomic E-state index is 13.2. The van der Waals surface area contributed by atoms with Crippen molar-refractivity contribution < 1.29 is 9.47 Å². The van der Waals surface area contributed by atoms with E-state index in [1.165, 1.54) is 4.68 Å². The number of aromatic nitrogens is 2. The molecule has 0 aliphatic rings. The van der Waals surface area contributed by atoms with Crippen LogP contribution in [0.3, 0.4) is 0 Å². The van der Waals surface area contributed by atoms with Crippen molar-refractivity contribution in [1.82, 2.24) is 9.66 Å². The van der Waals surface area contributed by atoms with Crippen LogP contribution in [0.4, 0.5) is 0 Å². The minimum atomic E-state index is -0.232. The van der Waals surface area contributed by atoms with Gasteiger partial charge in [0.15, 0.2) is 11.5 Å². The largest absolute Gasteiger partial charge is 0.490 e. The van der Waals surface area contributed by atoms with E-state index >= 15 is 0 Å². The van der Waals surface area contributed by atoms with Crippen molar-refractivity contribution in [2.45, 2.75) is 53.1 Å². The first kappa shape index (κ1) is 24.3. The molecule has 0 spiro atoms. The molecule has 3 aromatic rings. The van der Waals surface area contributed by atoms with E-state index in [2.05, 4.69) is 26.0 Å². The van der Waals surface area contributed by atoms with E-state index in [-0.39, 0.29) is 17.6 Å². The first-order valence-corrected chi connectivity index (χ1v) is 11.8. The second kappa shape index (κ2) is 10.5. The number of hydrogen-bond donors (Lipinski definition) is 0. The summed E-state index contributed by atoms with van der Waals surface area (Å²) in [5.41, 5.74) is 1.09. The third-order valence-electron chi connectivity index (χ3n) is 4.90. The summed E-state index contributed by atoms with van der Waals surface area (Å²) < 4.78 is 13.9. The summed E-state index contributed by atoms with van der Waals surface area (Å²) in [5, 5.41) is 5.39. The fraction of sp³-hybridized carbons (Fsp3) is 0.375. The molecule has 2 aromatic carbocycles. The molecular formula is C24H27BrClN3O3. The maximum Gasteiger partial charge on any atom is 0.282 e. The van der Waals surface area contributed by atoms with Gasteiger partial charge in [0.25, 0.3) is 5.56 Å². The van der Waals surface area contributed by atoms with E-state index in [0.717, 1.165) is 10.9 Å². The van der Waals surface area contributed by atoms with Gasteiger partial charge in [-0.3, -0.25) is 4.79 Å². The average Bonchev–Trinajstić information content (AvgIpc) is 2.75. The SMILES string of the molecule is CCOc1cc(C=Nn2c(C(C)C)nc3ccc(Br)cc3c2=O)cc(Cl)c1O[C@@H](C)CC. The van der Waals surface area contributed by atoms with Crippen molar-refractivity contribution in [2.24, 2.45) is 5.10 Å². The van der Waals surface area contributed by atoms with Crippen LogP contribution in [0.15, 0.2) is 44.7 Å². The third-order valence-corrected chi connectivity index (χ3v) is 5.67. The highest BCUT2D eigenvalue weighted by Gasteiger charge is 2.16. The zero-order chi connectivity index (χ0) is 23.4. The fourth-order valence-electron chi connectivity index (χ4n) is 3.10. The van der Waals surface area contributed by atoms with Crippen LogP contribution in [0, 0.1) is 0 Å². The van der Waals surface area contributed by atoms with Crippen LogP contribution in [-0.4, -0.2) is 28.6 Å². The Bertz CT molecular complexity index is 1210. The molecule has 0 aliphatic carbocycles. The lowest BCUT2D eigenvalue weighted by atomic mass is 10.2. The number of ether oxygens (including phenoxy) is 2. The summed E-state index contributed by atoms with van der Waals surface area (Å²) in [6.07, 6.45) is 2.43. The van der Waals surface area contributed by atoms with Gasteiger partial charge in [-0.1, -0.05) is 48.3 Å².